The number of hydrogen-bond acceptors (Lipinski definition) is 4. The summed E-state index contributed by atoms with van der Waals surface area (Å²) in [7, 11) is 0. The van der Waals surface area contributed by atoms with Crippen molar-refractivity contribution in [2.24, 2.45) is 5.73 Å². The molecule has 1 heterocycles. The second-order valence-electron chi connectivity index (χ2n) is 2.95. The van der Waals surface area contributed by atoms with Gasteiger partial charge in [0.05, 0.1) is 5.69 Å². The van der Waals surface area contributed by atoms with Crippen LogP contribution in [-0.4, -0.2) is 22.3 Å². The first-order chi connectivity index (χ1) is 6.02. The standard InChI is InChI=1S/C8H12N2O3/c1-4-6(5(2)13-10-4)3-7(9)8(11)12/h7H,3,9H2,1-2H3,(H,11,12)/t7-/m1/s1. The van der Waals surface area contributed by atoms with E-state index in [-0.39, 0.29) is 6.42 Å². The Hall–Kier alpha value is -1.36. The van der Waals surface area contributed by atoms with Crippen molar-refractivity contribution < 1.29 is 14.4 Å². The molecule has 0 aromatic carbocycles. The molecule has 0 fully saturated rings. The fraction of sp³-hybridized carbons (Fsp3) is 0.500. The van der Waals surface area contributed by atoms with E-state index in [0.717, 1.165) is 5.56 Å². The van der Waals surface area contributed by atoms with Gasteiger partial charge in [0, 0.05) is 12.0 Å². The minimum Gasteiger partial charge on any atom is -0.480 e. The van der Waals surface area contributed by atoms with E-state index in [2.05, 4.69) is 5.16 Å². The van der Waals surface area contributed by atoms with Crippen LogP contribution in [0.4, 0.5) is 0 Å². The molecule has 1 aromatic rings. The molecule has 0 bridgehead atoms. The van der Waals surface area contributed by atoms with Crippen LogP contribution >= 0.6 is 0 Å². The molecule has 0 aliphatic rings. The maximum Gasteiger partial charge on any atom is 0.320 e. The third-order valence-electron chi connectivity index (χ3n) is 1.92. The van der Waals surface area contributed by atoms with Gasteiger partial charge in [0.2, 0.25) is 0 Å². The third kappa shape index (κ3) is 2.06. The Labute approximate surface area is 75.5 Å². The maximum absolute atomic E-state index is 10.5. The molecule has 72 valence electrons. The van der Waals surface area contributed by atoms with Gasteiger partial charge in [0.15, 0.2) is 0 Å². The lowest BCUT2D eigenvalue weighted by Crippen LogP contribution is -2.32. The van der Waals surface area contributed by atoms with E-state index in [1.807, 2.05) is 0 Å². The molecule has 0 unspecified atom stereocenters. The summed E-state index contributed by atoms with van der Waals surface area (Å²) in [6.07, 6.45) is 0.260. The van der Waals surface area contributed by atoms with Gasteiger partial charge < -0.3 is 15.4 Å². The third-order valence-corrected chi connectivity index (χ3v) is 1.92. The predicted molar refractivity (Wildman–Crippen MR) is 45.3 cm³/mol. The van der Waals surface area contributed by atoms with Gasteiger partial charge in [-0.25, -0.2) is 0 Å². The zero-order chi connectivity index (χ0) is 10.0. The number of nitrogens with zero attached hydrogens (tertiary/aromatic N) is 1. The SMILES string of the molecule is Cc1noc(C)c1C[C@@H](N)C(=O)O. The zero-order valence-electron chi connectivity index (χ0n) is 7.57. The molecule has 1 aromatic heterocycles. The quantitative estimate of drug-likeness (QED) is 0.702. The van der Waals surface area contributed by atoms with Crippen LogP contribution < -0.4 is 5.73 Å². The van der Waals surface area contributed by atoms with E-state index < -0.39 is 12.0 Å². The lowest BCUT2D eigenvalue weighted by Gasteiger charge is -2.04. The van der Waals surface area contributed by atoms with Crippen LogP contribution in [0.2, 0.25) is 0 Å². The minimum atomic E-state index is -1.01. The van der Waals surface area contributed by atoms with Gasteiger partial charge in [-0.3, -0.25) is 4.79 Å². The number of nitrogens with two attached hydrogens (primary N) is 1. The number of rotatable bonds is 3. The van der Waals surface area contributed by atoms with Crippen molar-refractivity contribution in [3.8, 4) is 0 Å². The van der Waals surface area contributed by atoms with Crippen molar-refractivity contribution in [3.63, 3.8) is 0 Å². The molecule has 0 radical (unpaired) electrons. The van der Waals surface area contributed by atoms with Crippen molar-refractivity contribution in [2.75, 3.05) is 0 Å². The molecule has 0 amide bonds. The van der Waals surface area contributed by atoms with Gasteiger partial charge in [-0.2, -0.15) is 0 Å². The summed E-state index contributed by atoms with van der Waals surface area (Å²) in [4.78, 5) is 10.5. The fourth-order valence-electron chi connectivity index (χ4n) is 1.10. The van der Waals surface area contributed by atoms with E-state index in [0.29, 0.717) is 11.5 Å². The van der Waals surface area contributed by atoms with Crippen molar-refractivity contribution in [1.82, 2.24) is 5.16 Å². The normalized spacial score (nSPS) is 12.8. The monoisotopic (exact) mass is 184 g/mol. The highest BCUT2D eigenvalue weighted by Crippen LogP contribution is 2.13. The highest BCUT2D eigenvalue weighted by atomic mass is 16.5. The highest BCUT2D eigenvalue weighted by Gasteiger charge is 2.17. The number of aliphatic carboxylic acids is 1. The molecular formula is C8H12N2O3. The fourth-order valence-corrected chi connectivity index (χ4v) is 1.10. The predicted octanol–water partition coefficient (Wildman–Crippen LogP) is 0.246. The first kappa shape index (κ1) is 9.73. The second kappa shape index (κ2) is 3.57. The molecular weight excluding hydrogens is 172 g/mol. The molecule has 0 saturated heterocycles. The van der Waals surface area contributed by atoms with Crippen LogP contribution in [0, 0.1) is 13.8 Å². The van der Waals surface area contributed by atoms with Gasteiger partial charge in [-0.15, -0.1) is 0 Å². The van der Waals surface area contributed by atoms with Crippen LogP contribution in [0.5, 0.6) is 0 Å². The molecule has 13 heavy (non-hydrogen) atoms. The van der Waals surface area contributed by atoms with Crippen LogP contribution in [-0.2, 0) is 11.2 Å². The largest absolute Gasteiger partial charge is 0.480 e. The van der Waals surface area contributed by atoms with E-state index in [1.54, 1.807) is 13.8 Å². The summed E-state index contributed by atoms with van der Waals surface area (Å²) in [5.41, 5.74) is 6.87. The van der Waals surface area contributed by atoms with Crippen LogP contribution in [0.3, 0.4) is 0 Å². The highest BCUT2D eigenvalue weighted by molar-refractivity contribution is 5.73. The number of carbonyl (C=O) groups is 1. The molecule has 1 rings (SSSR count). The van der Waals surface area contributed by atoms with E-state index >= 15 is 0 Å². The molecule has 1 atom stereocenters. The lowest BCUT2D eigenvalue weighted by molar-refractivity contribution is -0.138. The Kier molecular flexibility index (Phi) is 2.67. The maximum atomic E-state index is 10.5. The number of aromatic nitrogens is 1. The average Bonchev–Trinajstić information content (AvgIpc) is 2.35. The van der Waals surface area contributed by atoms with Crippen molar-refractivity contribution in [1.29, 1.82) is 0 Å². The first-order valence-electron chi connectivity index (χ1n) is 3.92. The topological polar surface area (TPSA) is 89.4 Å². The van der Waals surface area contributed by atoms with Crippen molar-refractivity contribution in [2.45, 2.75) is 26.3 Å². The van der Waals surface area contributed by atoms with Crippen LogP contribution in [0.25, 0.3) is 0 Å². The minimum absolute atomic E-state index is 0.260. The number of hydrogen-bond donors (Lipinski definition) is 2. The Morgan fingerprint density at radius 3 is 2.69 bits per heavy atom. The van der Waals surface area contributed by atoms with E-state index in [4.69, 9.17) is 15.4 Å². The van der Waals surface area contributed by atoms with Gasteiger partial charge in [0.1, 0.15) is 11.8 Å². The summed E-state index contributed by atoms with van der Waals surface area (Å²) in [6.45, 7) is 3.50. The Balaban J connectivity index is 2.79. The van der Waals surface area contributed by atoms with Crippen molar-refractivity contribution in [3.05, 3.63) is 17.0 Å². The summed E-state index contributed by atoms with van der Waals surface area (Å²) in [6, 6.07) is -0.892. The molecule has 0 saturated carbocycles. The molecule has 5 heteroatoms. The molecule has 0 aliphatic carbocycles. The smallest absolute Gasteiger partial charge is 0.320 e. The number of aryl methyl sites for hydroxylation is 2. The lowest BCUT2D eigenvalue weighted by atomic mass is 10.1. The Morgan fingerprint density at radius 2 is 2.31 bits per heavy atom. The zero-order valence-corrected chi connectivity index (χ0v) is 7.57. The van der Waals surface area contributed by atoms with Gasteiger partial charge in [-0.1, -0.05) is 5.16 Å². The Morgan fingerprint density at radius 1 is 1.69 bits per heavy atom. The molecule has 3 N–H and O–H groups in total. The Bertz CT molecular complexity index is 300. The number of carboxylic acids is 1. The van der Waals surface area contributed by atoms with Crippen LogP contribution in [0.15, 0.2) is 4.52 Å². The summed E-state index contributed by atoms with van der Waals surface area (Å²) in [5, 5.41) is 12.3. The summed E-state index contributed by atoms with van der Waals surface area (Å²) < 4.78 is 4.88. The average molecular weight is 184 g/mol. The first-order valence-corrected chi connectivity index (χ1v) is 3.92. The van der Waals surface area contributed by atoms with Gasteiger partial charge in [0.25, 0.3) is 0 Å². The van der Waals surface area contributed by atoms with Gasteiger partial charge in [-0.05, 0) is 13.8 Å². The number of carboxylic acid groups (broad SMARTS) is 1. The second-order valence-corrected chi connectivity index (χ2v) is 2.95. The van der Waals surface area contributed by atoms with Crippen LogP contribution in [0.1, 0.15) is 17.0 Å². The summed E-state index contributed by atoms with van der Waals surface area (Å²) >= 11 is 0. The van der Waals surface area contributed by atoms with E-state index in [9.17, 15) is 4.79 Å². The molecule has 0 aliphatic heterocycles. The van der Waals surface area contributed by atoms with E-state index in [1.165, 1.54) is 0 Å². The molecule has 0 spiro atoms. The van der Waals surface area contributed by atoms with Crippen molar-refractivity contribution >= 4 is 5.97 Å². The van der Waals surface area contributed by atoms with Gasteiger partial charge >= 0.3 is 5.97 Å². The summed E-state index contributed by atoms with van der Waals surface area (Å²) in [5.74, 6) is -0.380. The molecule has 5 nitrogen and oxygen atoms in total.